The predicted molar refractivity (Wildman–Crippen MR) is 151 cm³/mol. The van der Waals surface area contributed by atoms with Crippen LogP contribution in [0.25, 0.3) is 6.08 Å². The van der Waals surface area contributed by atoms with Gasteiger partial charge in [-0.2, -0.15) is 5.26 Å². The molecule has 5 rings (SSSR count). The van der Waals surface area contributed by atoms with Gasteiger partial charge in [-0.15, -0.1) is 0 Å². The lowest BCUT2D eigenvalue weighted by atomic mass is 9.68. The van der Waals surface area contributed by atoms with E-state index < -0.39 is 34.3 Å². The Hall–Kier alpha value is -4.49. The predicted octanol–water partition coefficient (Wildman–Crippen LogP) is 5.69. The molecule has 3 aromatic rings. The van der Waals surface area contributed by atoms with Crippen molar-refractivity contribution in [3.63, 3.8) is 0 Å². The van der Waals surface area contributed by atoms with Crippen LogP contribution < -0.4 is 9.64 Å². The summed E-state index contributed by atoms with van der Waals surface area (Å²) in [7, 11) is 1.52. The van der Waals surface area contributed by atoms with Crippen LogP contribution in [0.4, 0.5) is 11.4 Å². The highest BCUT2D eigenvalue weighted by Crippen LogP contribution is 2.56. The van der Waals surface area contributed by atoms with Gasteiger partial charge in [-0.05, 0) is 58.2 Å². The summed E-state index contributed by atoms with van der Waals surface area (Å²) in [6.07, 6.45) is 3.60. The minimum atomic E-state index is -1.83. The molecule has 9 nitrogen and oxygen atoms in total. The summed E-state index contributed by atoms with van der Waals surface area (Å²) in [6.45, 7) is 1.69. The molecule has 0 unspecified atom stereocenters. The fraction of sp³-hybridized carbons (Fsp3) is 0.233. The number of non-ortho nitro benzene ring substituents is 1. The van der Waals surface area contributed by atoms with Crippen molar-refractivity contribution >= 4 is 45.1 Å². The molecule has 4 atom stereocenters. The number of benzene rings is 3. The molecule has 0 bridgehead atoms. The molecule has 1 fully saturated rings. The maximum atomic E-state index is 14.5. The van der Waals surface area contributed by atoms with Gasteiger partial charge in [0.25, 0.3) is 5.69 Å². The first-order chi connectivity index (χ1) is 19.3. The monoisotopic (exact) mass is 601 g/mol. The maximum absolute atomic E-state index is 14.5. The summed E-state index contributed by atoms with van der Waals surface area (Å²) in [6, 6.07) is 18.4. The fourth-order valence-electron chi connectivity index (χ4n) is 5.78. The smallest absolute Gasteiger partial charge is 0.329 e. The second-order valence-electron chi connectivity index (χ2n) is 9.46. The first kappa shape index (κ1) is 27.1. The zero-order valence-electron chi connectivity index (χ0n) is 21.6. The van der Waals surface area contributed by atoms with E-state index in [4.69, 9.17) is 9.47 Å². The van der Waals surface area contributed by atoms with Gasteiger partial charge < -0.3 is 14.4 Å². The quantitative estimate of drug-likeness (QED) is 0.146. The highest BCUT2D eigenvalue weighted by Gasteiger charge is 2.67. The summed E-state index contributed by atoms with van der Waals surface area (Å²) >= 11 is 3.45. The molecule has 0 N–H and O–H groups in total. The summed E-state index contributed by atoms with van der Waals surface area (Å²) in [5.41, 5.74) is 0.312. The molecule has 2 heterocycles. The number of ether oxygens (including phenoxy) is 2. The van der Waals surface area contributed by atoms with Gasteiger partial charge in [0.2, 0.25) is 0 Å². The zero-order valence-corrected chi connectivity index (χ0v) is 23.2. The van der Waals surface area contributed by atoms with Crippen LogP contribution >= 0.6 is 15.9 Å². The van der Waals surface area contributed by atoms with Crippen LogP contribution in [0.2, 0.25) is 0 Å². The molecule has 2 aliphatic rings. The van der Waals surface area contributed by atoms with E-state index in [0.717, 1.165) is 5.56 Å². The zero-order chi connectivity index (χ0) is 28.6. The first-order valence-electron chi connectivity index (χ1n) is 12.5. The van der Waals surface area contributed by atoms with Crippen molar-refractivity contribution in [3.8, 4) is 11.8 Å². The third-order valence-corrected chi connectivity index (χ3v) is 8.13. The number of carbonyl (C=O) groups excluding carboxylic acids is 2. The van der Waals surface area contributed by atoms with Crippen LogP contribution in [-0.4, -0.2) is 42.5 Å². The standard InChI is InChI=1S/C30H24BrN3O6/c1-3-40-29(36)30(17-32)25-15-11-18-6-4-5-7-23(18)33(25)27(26(30)19-8-12-21(13-9-19)34(37)38)28(35)20-10-14-24(39-2)22(31)16-20/h4-16,25-27H,3H2,1-2H3/t25-,26-,27+,30+/m0/s1. The van der Waals surface area contributed by atoms with Crippen LogP contribution in [0, 0.1) is 26.9 Å². The second-order valence-corrected chi connectivity index (χ2v) is 10.3. The molecule has 40 heavy (non-hydrogen) atoms. The lowest BCUT2D eigenvalue weighted by Gasteiger charge is -2.36. The van der Waals surface area contributed by atoms with Crippen LogP contribution in [0.15, 0.2) is 77.3 Å². The lowest BCUT2D eigenvalue weighted by molar-refractivity contribution is -0.384. The van der Waals surface area contributed by atoms with E-state index in [2.05, 4.69) is 22.0 Å². The number of nitriles is 1. The van der Waals surface area contributed by atoms with Gasteiger partial charge in [0.05, 0.1) is 35.2 Å². The Balaban J connectivity index is 1.79. The van der Waals surface area contributed by atoms with Crippen molar-refractivity contribution in [2.45, 2.75) is 24.9 Å². The number of nitro benzene ring substituents is 1. The molecule has 202 valence electrons. The highest BCUT2D eigenvalue weighted by molar-refractivity contribution is 9.10. The molecule has 0 aliphatic carbocycles. The Morgan fingerprint density at radius 2 is 1.88 bits per heavy atom. The topological polar surface area (TPSA) is 123 Å². The van der Waals surface area contributed by atoms with Crippen LogP contribution in [0.3, 0.4) is 0 Å². The van der Waals surface area contributed by atoms with Crippen molar-refractivity contribution in [2.75, 3.05) is 18.6 Å². The summed E-state index contributed by atoms with van der Waals surface area (Å²) in [4.78, 5) is 41.0. The van der Waals surface area contributed by atoms with E-state index in [0.29, 0.717) is 27.0 Å². The number of fused-ring (bicyclic) bond motifs is 3. The number of anilines is 1. The van der Waals surface area contributed by atoms with Gasteiger partial charge in [-0.25, -0.2) is 0 Å². The van der Waals surface area contributed by atoms with E-state index in [1.54, 1.807) is 31.2 Å². The van der Waals surface area contributed by atoms with Crippen molar-refractivity contribution in [2.24, 2.45) is 5.41 Å². The molecule has 10 heteroatoms. The van der Waals surface area contributed by atoms with Crippen molar-refractivity contribution in [1.29, 1.82) is 5.26 Å². The number of halogens is 1. The number of nitro groups is 1. The molecule has 3 aromatic carbocycles. The number of rotatable bonds is 7. The number of hydrogen-bond donors (Lipinski definition) is 0. The number of hydrogen-bond acceptors (Lipinski definition) is 8. The van der Waals surface area contributed by atoms with E-state index in [-0.39, 0.29) is 18.1 Å². The SMILES string of the molecule is CCOC(=O)[C@]1(C#N)[C@@H]2C=Cc3ccccc3N2[C@@H](C(=O)c2ccc(OC)c(Br)c2)[C@@H]1c1ccc([N+](=O)[O-])cc1. The highest BCUT2D eigenvalue weighted by atomic mass is 79.9. The number of esters is 1. The van der Waals surface area contributed by atoms with Gasteiger partial charge in [0.1, 0.15) is 11.8 Å². The molecule has 0 saturated carbocycles. The summed E-state index contributed by atoms with van der Waals surface area (Å²) in [5, 5.41) is 22.2. The third-order valence-electron chi connectivity index (χ3n) is 7.51. The number of Topliss-reactive ketones (excluding diaryl/α,β-unsaturated/α-hetero) is 1. The van der Waals surface area contributed by atoms with Gasteiger partial charge in [0.15, 0.2) is 11.2 Å². The number of nitrogens with zero attached hydrogens (tertiary/aromatic N) is 3. The van der Waals surface area contributed by atoms with Crippen molar-refractivity contribution in [3.05, 3.63) is 104 Å². The lowest BCUT2D eigenvalue weighted by Crippen LogP contribution is -2.47. The minimum absolute atomic E-state index is 0.0340. The largest absolute Gasteiger partial charge is 0.496 e. The average molecular weight is 602 g/mol. The molecule has 2 aliphatic heterocycles. The van der Waals surface area contributed by atoms with E-state index in [9.17, 15) is 25.0 Å². The molecule has 0 amide bonds. The van der Waals surface area contributed by atoms with E-state index in [1.807, 2.05) is 35.2 Å². The molecule has 0 spiro atoms. The van der Waals surface area contributed by atoms with Gasteiger partial charge in [0, 0.05) is 29.3 Å². The third kappa shape index (κ3) is 4.14. The summed E-state index contributed by atoms with van der Waals surface area (Å²) < 4.78 is 11.4. The molecule has 0 radical (unpaired) electrons. The van der Waals surface area contributed by atoms with E-state index >= 15 is 0 Å². The number of ketones is 1. The number of para-hydroxylation sites is 1. The molecule has 1 saturated heterocycles. The Kier molecular flexibility index (Phi) is 7.17. The van der Waals surface area contributed by atoms with Crippen LogP contribution in [-0.2, 0) is 9.53 Å². The Morgan fingerprint density at radius 3 is 2.50 bits per heavy atom. The molecular weight excluding hydrogens is 578 g/mol. The summed E-state index contributed by atoms with van der Waals surface area (Å²) in [5.74, 6) is -1.57. The molecule has 0 aromatic heterocycles. The van der Waals surface area contributed by atoms with Crippen molar-refractivity contribution < 1.29 is 24.0 Å². The first-order valence-corrected chi connectivity index (χ1v) is 13.3. The van der Waals surface area contributed by atoms with Gasteiger partial charge in [-0.1, -0.05) is 42.5 Å². The van der Waals surface area contributed by atoms with E-state index in [1.165, 1.54) is 31.4 Å². The second kappa shape index (κ2) is 10.6. The fourth-order valence-corrected chi connectivity index (χ4v) is 6.33. The Bertz CT molecular complexity index is 1580. The Morgan fingerprint density at radius 1 is 1.15 bits per heavy atom. The van der Waals surface area contributed by atoms with Crippen molar-refractivity contribution in [1.82, 2.24) is 0 Å². The van der Waals surface area contributed by atoms with Gasteiger partial charge in [-0.3, -0.25) is 19.7 Å². The van der Waals surface area contributed by atoms with Crippen LogP contribution in [0.1, 0.15) is 34.3 Å². The van der Waals surface area contributed by atoms with Gasteiger partial charge >= 0.3 is 5.97 Å². The molecular formula is C30H24BrN3O6. The average Bonchev–Trinajstić information content (AvgIpc) is 3.28. The van der Waals surface area contributed by atoms with Crippen LogP contribution in [0.5, 0.6) is 5.75 Å². The number of methoxy groups -OCH3 is 1. The minimum Gasteiger partial charge on any atom is -0.496 e. The normalized spacial score (nSPS) is 22.6. The number of carbonyl (C=O) groups is 2. The maximum Gasteiger partial charge on any atom is 0.329 e. The Labute approximate surface area is 238 Å².